The highest BCUT2D eigenvalue weighted by Gasteiger charge is 2.22. The number of benzene rings is 2. The van der Waals surface area contributed by atoms with Gasteiger partial charge in [-0.15, -0.1) is 0 Å². The van der Waals surface area contributed by atoms with Gasteiger partial charge in [-0.1, -0.05) is 34.1 Å². The Balaban J connectivity index is 1.29. The lowest BCUT2D eigenvalue weighted by Crippen LogP contribution is -2.48. The van der Waals surface area contributed by atoms with Crippen LogP contribution in [0.25, 0.3) is 0 Å². The third kappa shape index (κ3) is 5.52. The van der Waals surface area contributed by atoms with Crippen molar-refractivity contribution in [3.8, 4) is 11.6 Å². The molecular weight excluding hydrogens is 472 g/mol. The number of halogens is 1. The van der Waals surface area contributed by atoms with E-state index in [1.54, 1.807) is 30.5 Å². The molecule has 0 spiro atoms. The number of amides is 2. The molecular formula is C24H23BrN4O3. The molecule has 164 valence electrons. The van der Waals surface area contributed by atoms with Crippen LogP contribution < -0.4 is 10.5 Å². The predicted octanol–water partition coefficient (Wildman–Crippen LogP) is 3.69. The van der Waals surface area contributed by atoms with Crippen LogP contribution in [0, 0.1) is 0 Å². The number of carbonyl (C=O) groups excluding carboxylic acids is 2. The highest BCUT2D eigenvalue weighted by Crippen LogP contribution is 2.23. The Kier molecular flexibility index (Phi) is 6.82. The van der Waals surface area contributed by atoms with Crippen LogP contribution in [0.1, 0.15) is 26.3 Å². The van der Waals surface area contributed by atoms with Gasteiger partial charge in [0.1, 0.15) is 5.75 Å². The molecule has 32 heavy (non-hydrogen) atoms. The van der Waals surface area contributed by atoms with E-state index in [0.29, 0.717) is 35.8 Å². The number of nitrogens with zero attached hydrogens (tertiary/aromatic N) is 3. The topological polar surface area (TPSA) is 88.8 Å². The molecule has 0 unspecified atom stereocenters. The molecule has 2 amide bonds. The number of nitrogens with two attached hydrogens (primary N) is 1. The quantitative estimate of drug-likeness (QED) is 0.564. The molecule has 0 bridgehead atoms. The molecule has 4 rings (SSSR count). The summed E-state index contributed by atoms with van der Waals surface area (Å²) in [5.41, 5.74) is 7.45. The SMILES string of the molecule is NC(=O)c1ccc(CN2CCN(C(=O)c3ccc(Oc4cccc(Br)c4)nc3)CC2)cc1. The van der Waals surface area contributed by atoms with Crippen LogP contribution in [0.15, 0.2) is 71.3 Å². The van der Waals surface area contributed by atoms with Crippen molar-refractivity contribution in [1.29, 1.82) is 0 Å². The van der Waals surface area contributed by atoms with E-state index in [-0.39, 0.29) is 5.91 Å². The third-order valence-corrected chi connectivity index (χ3v) is 5.80. The van der Waals surface area contributed by atoms with Crippen LogP contribution in [-0.2, 0) is 6.54 Å². The Labute approximate surface area is 194 Å². The van der Waals surface area contributed by atoms with Crippen LogP contribution in [-0.4, -0.2) is 52.8 Å². The van der Waals surface area contributed by atoms with Gasteiger partial charge >= 0.3 is 0 Å². The summed E-state index contributed by atoms with van der Waals surface area (Å²) in [6.45, 7) is 3.62. The molecule has 1 aromatic heterocycles. The van der Waals surface area contributed by atoms with E-state index in [9.17, 15) is 9.59 Å². The molecule has 0 atom stereocenters. The summed E-state index contributed by atoms with van der Waals surface area (Å²) < 4.78 is 6.65. The maximum absolute atomic E-state index is 12.9. The van der Waals surface area contributed by atoms with E-state index in [2.05, 4.69) is 25.8 Å². The maximum atomic E-state index is 12.9. The minimum absolute atomic E-state index is 0.0306. The summed E-state index contributed by atoms with van der Waals surface area (Å²) in [5.74, 6) is 0.654. The van der Waals surface area contributed by atoms with E-state index >= 15 is 0 Å². The van der Waals surface area contributed by atoms with Crippen LogP contribution >= 0.6 is 15.9 Å². The zero-order valence-electron chi connectivity index (χ0n) is 17.4. The van der Waals surface area contributed by atoms with Crippen LogP contribution in [0.2, 0.25) is 0 Å². The Bertz CT molecular complexity index is 1090. The van der Waals surface area contributed by atoms with Gasteiger partial charge in [0.15, 0.2) is 0 Å². The third-order valence-electron chi connectivity index (χ3n) is 5.31. The molecule has 2 N–H and O–H groups in total. The number of ether oxygens (including phenoxy) is 1. The normalized spacial score (nSPS) is 14.2. The fourth-order valence-corrected chi connectivity index (χ4v) is 3.92. The molecule has 1 aliphatic heterocycles. The van der Waals surface area contributed by atoms with Gasteiger partial charge in [0.2, 0.25) is 11.8 Å². The van der Waals surface area contributed by atoms with Crippen molar-refractivity contribution in [2.24, 2.45) is 5.73 Å². The summed E-state index contributed by atoms with van der Waals surface area (Å²) in [6.07, 6.45) is 1.56. The first kappa shape index (κ1) is 22.0. The minimum Gasteiger partial charge on any atom is -0.439 e. The summed E-state index contributed by atoms with van der Waals surface area (Å²) in [6, 6.07) is 18.3. The molecule has 3 aromatic rings. The highest BCUT2D eigenvalue weighted by molar-refractivity contribution is 9.10. The Hall–Kier alpha value is -3.23. The summed E-state index contributed by atoms with van der Waals surface area (Å²) in [7, 11) is 0. The van der Waals surface area contributed by atoms with Crippen LogP contribution in [0.4, 0.5) is 0 Å². The molecule has 1 saturated heterocycles. The van der Waals surface area contributed by atoms with Gasteiger partial charge in [-0.3, -0.25) is 14.5 Å². The monoisotopic (exact) mass is 494 g/mol. The van der Waals surface area contributed by atoms with Crippen molar-refractivity contribution in [3.05, 3.63) is 88.0 Å². The number of hydrogen-bond acceptors (Lipinski definition) is 5. The van der Waals surface area contributed by atoms with Crippen molar-refractivity contribution in [2.75, 3.05) is 26.2 Å². The lowest BCUT2D eigenvalue weighted by Gasteiger charge is -2.34. The standard InChI is InChI=1S/C24H23BrN4O3/c25-20-2-1-3-21(14-20)32-22-9-8-19(15-27-22)24(31)29-12-10-28(11-13-29)16-17-4-6-18(7-5-17)23(26)30/h1-9,14-15H,10-13,16H2,(H2,26,30). The van der Waals surface area contributed by atoms with Gasteiger partial charge in [-0.2, -0.15) is 0 Å². The Morgan fingerprint density at radius 3 is 2.31 bits per heavy atom. The first-order valence-corrected chi connectivity index (χ1v) is 11.1. The largest absolute Gasteiger partial charge is 0.439 e. The molecule has 1 aliphatic rings. The average molecular weight is 495 g/mol. The second kappa shape index (κ2) is 9.93. The average Bonchev–Trinajstić information content (AvgIpc) is 2.80. The van der Waals surface area contributed by atoms with Crippen LogP contribution in [0.5, 0.6) is 11.6 Å². The van der Waals surface area contributed by atoms with Crippen LogP contribution in [0.3, 0.4) is 0 Å². The fraction of sp³-hybridized carbons (Fsp3) is 0.208. The molecule has 0 aliphatic carbocycles. The first-order valence-electron chi connectivity index (χ1n) is 10.3. The smallest absolute Gasteiger partial charge is 0.255 e. The molecule has 0 radical (unpaired) electrons. The summed E-state index contributed by atoms with van der Waals surface area (Å²) in [5, 5.41) is 0. The fourth-order valence-electron chi connectivity index (χ4n) is 3.54. The van der Waals surface area contributed by atoms with Crippen molar-refractivity contribution in [1.82, 2.24) is 14.8 Å². The van der Waals surface area contributed by atoms with E-state index < -0.39 is 5.91 Å². The summed E-state index contributed by atoms with van der Waals surface area (Å²) in [4.78, 5) is 32.5. The van der Waals surface area contributed by atoms with E-state index in [1.165, 1.54) is 0 Å². The molecule has 0 saturated carbocycles. The molecule has 8 heteroatoms. The van der Waals surface area contributed by atoms with Gasteiger partial charge in [-0.05, 0) is 42.0 Å². The number of pyridine rings is 1. The predicted molar refractivity (Wildman–Crippen MR) is 125 cm³/mol. The number of carbonyl (C=O) groups is 2. The van der Waals surface area contributed by atoms with Crippen molar-refractivity contribution in [3.63, 3.8) is 0 Å². The number of hydrogen-bond donors (Lipinski definition) is 1. The Morgan fingerprint density at radius 2 is 1.69 bits per heavy atom. The molecule has 2 heterocycles. The zero-order chi connectivity index (χ0) is 22.5. The van der Waals surface area contributed by atoms with E-state index in [4.69, 9.17) is 10.5 Å². The molecule has 2 aromatic carbocycles. The van der Waals surface area contributed by atoms with Gasteiger partial charge in [0.25, 0.3) is 5.91 Å². The van der Waals surface area contributed by atoms with E-state index in [0.717, 1.165) is 29.7 Å². The van der Waals surface area contributed by atoms with Gasteiger partial charge in [-0.25, -0.2) is 4.98 Å². The molecule has 1 fully saturated rings. The number of rotatable bonds is 6. The second-order valence-electron chi connectivity index (χ2n) is 7.57. The molecule has 7 nitrogen and oxygen atoms in total. The van der Waals surface area contributed by atoms with Crippen molar-refractivity contribution in [2.45, 2.75) is 6.54 Å². The number of primary amides is 1. The summed E-state index contributed by atoms with van der Waals surface area (Å²) >= 11 is 3.41. The Morgan fingerprint density at radius 1 is 0.969 bits per heavy atom. The number of aromatic nitrogens is 1. The van der Waals surface area contributed by atoms with Gasteiger partial charge in [0, 0.05) is 55.0 Å². The lowest BCUT2D eigenvalue weighted by molar-refractivity contribution is 0.0628. The number of piperazine rings is 1. The second-order valence-corrected chi connectivity index (χ2v) is 8.49. The first-order chi connectivity index (χ1) is 15.5. The van der Waals surface area contributed by atoms with Crippen molar-refractivity contribution >= 4 is 27.7 Å². The van der Waals surface area contributed by atoms with Gasteiger partial charge in [0.05, 0.1) is 5.56 Å². The van der Waals surface area contributed by atoms with E-state index in [1.807, 2.05) is 41.3 Å². The lowest BCUT2D eigenvalue weighted by atomic mass is 10.1. The van der Waals surface area contributed by atoms with Gasteiger partial charge < -0.3 is 15.4 Å². The minimum atomic E-state index is -0.425. The maximum Gasteiger partial charge on any atom is 0.255 e. The van der Waals surface area contributed by atoms with Crippen molar-refractivity contribution < 1.29 is 14.3 Å². The zero-order valence-corrected chi connectivity index (χ0v) is 19.0. The highest BCUT2D eigenvalue weighted by atomic mass is 79.9.